The number of para-hydroxylation sites is 1. The van der Waals surface area contributed by atoms with Crippen molar-refractivity contribution in [2.45, 2.75) is 11.3 Å². The molecule has 1 aliphatic heterocycles. The standard InChI is InChI=1S/C19H15N3O4S/c20-10-13-3-1-2-4-14(13)21-18(24)11-26-19(25)12-5-6-16-15(9-12)22-17(23)7-8-27-16/h1-6,9H,7-8,11H2,(H,21,24)(H,22,23). The van der Waals surface area contributed by atoms with Gasteiger partial charge in [-0.3, -0.25) is 9.59 Å². The first-order chi connectivity index (χ1) is 13.1. The van der Waals surface area contributed by atoms with Gasteiger partial charge in [-0.25, -0.2) is 4.79 Å². The van der Waals surface area contributed by atoms with E-state index >= 15 is 0 Å². The number of benzene rings is 2. The first-order valence-electron chi connectivity index (χ1n) is 8.09. The maximum atomic E-state index is 12.2. The molecular weight excluding hydrogens is 366 g/mol. The van der Waals surface area contributed by atoms with Gasteiger partial charge in [-0.05, 0) is 30.3 Å². The van der Waals surface area contributed by atoms with E-state index in [1.807, 2.05) is 6.07 Å². The number of hydrogen-bond donors (Lipinski definition) is 2. The third kappa shape index (κ3) is 4.65. The van der Waals surface area contributed by atoms with Crippen LogP contribution in [0.25, 0.3) is 0 Å². The van der Waals surface area contributed by atoms with Gasteiger partial charge < -0.3 is 15.4 Å². The largest absolute Gasteiger partial charge is 0.452 e. The first-order valence-corrected chi connectivity index (χ1v) is 9.08. The highest BCUT2D eigenvalue weighted by atomic mass is 32.2. The molecule has 1 heterocycles. The highest BCUT2D eigenvalue weighted by molar-refractivity contribution is 7.99. The van der Waals surface area contributed by atoms with E-state index in [0.29, 0.717) is 29.1 Å². The molecule has 3 rings (SSSR count). The Morgan fingerprint density at radius 2 is 2.07 bits per heavy atom. The maximum absolute atomic E-state index is 12.2. The summed E-state index contributed by atoms with van der Waals surface area (Å²) >= 11 is 1.53. The van der Waals surface area contributed by atoms with Crippen LogP contribution in [0.3, 0.4) is 0 Å². The Balaban J connectivity index is 1.62. The van der Waals surface area contributed by atoms with Gasteiger partial charge in [0.05, 0.1) is 22.5 Å². The Kier molecular flexibility index (Phi) is 5.74. The molecule has 2 aromatic rings. The molecule has 1 aliphatic rings. The number of rotatable bonds is 4. The fraction of sp³-hybridized carbons (Fsp3) is 0.158. The number of hydrogen-bond acceptors (Lipinski definition) is 6. The van der Waals surface area contributed by atoms with E-state index in [-0.39, 0.29) is 11.5 Å². The second-order valence-electron chi connectivity index (χ2n) is 5.64. The molecule has 0 radical (unpaired) electrons. The lowest BCUT2D eigenvalue weighted by atomic mass is 10.2. The number of esters is 1. The van der Waals surface area contributed by atoms with Crippen molar-refractivity contribution in [1.82, 2.24) is 0 Å². The number of carbonyl (C=O) groups excluding carboxylic acids is 3. The lowest BCUT2D eigenvalue weighted by Crippen LogP contribution is -2.21. The SMILES string of the molecule is N#Cc1ccccc1NC(=O)COC(=O)c1ccc2c(c1)NC(=O)CCS2. The zero-order valence-electron chi connectivity index (χ0n) is 14.2. The van der Waals surface area contributed by atoms with E-state index in [1.54, 1.807) is 36.4 Å². The summed E-state index contributed by atoms with van der Waals surface area (Å²) in [6.45, 7) is -0.489. The minimum Gasteiger partial charge on any atom is -0.452 e. The molecule has 27 heavy (non-hydrogen) atoms. The van der Waals surface area contributed by atoms with Crippen molar-refractivity contribution < 1.29 is 19.1 Å². The molecule has 0 atom stereocenters. The highest BCUT2D eigenvalue weighted by Gasteiger charge is 2.17. The topological polar surface area (TPSA) is 108 Å². The molecule has 2 N–H and O–H groups in total. The molecule has 0 unspecified atom stereocenters. The average Bonchev–Trinajstić information content (AvgIpc) is 2.86. The Hall–Kier alpha value is -3.31. The van der Waals surface area contributed by atoms with Gasteiger partial charge in [-0.2, -0.15) is 5.26 Å². The van der Waals surface area contributed by atoms with Crippen LogP contribution in [0, 0.1) is 11.3 Å². The Morgan fingerprint density at radius 3 is 2.89 bits per heavy atom. The van der Waals surface area contributed by atoms with Crippen LogP contribution in [0.1, 0.15) is 22.3 Å². The zero-order chi connectivity index (χ0) is 19.2. The Morgan fingerprint density at radius 1 is 1.26 bits per heavy atom. The van der Waals surface area contributed by atoms with E-state index < -0.39 is 18.5 Å². The summed E-state index contributed by atoms with van der Waals surface area (Å²) < 4.78 is 5.03. The van der Waals surface area contributed by atoms with E-state index in [0.717, 1.165) is 4.90 Å². The van der Waals surface area contributed by atoms with Crippen LogP contribution in [0.15, 0.2) is 47.4 Å². The van der Waals surface area contributed by atoms with Gasteiger partial charge in [0.1, 0.15) is 6.07 Å². The average molecular weight is 381 g/mol. The molecule has 8 heteroatoms. The van der Waals surface area contributed by atoms with Gasteiger partial charge in [-0.1, -0.05) is 12.1 Å². The summed E-state index contributed by atoms with van der Waals surface area (Å²) in [6.07, 6.45) is 0.406. The van der Waals surface area contributed by atoms with Crippen LogP contribution >= 0.6 is 11.8 Å². The minimum atomic E-state index is -0.676. The first kappa shape index (κ1) is 18.5. The lowest BCUT2D eigenvalue weighted by Gasteiger charge is -2.10. The molecule has 0 spiro atoms. The fourth-order valence-corrected chi connectivity index (χ4v) is 3.37. The van der Waals surface area contributed by atoms with E-state index in [2.05, 4.69) is 10.6 Å². The fourth-order valence-electron chi connectivity index (χ4n) is 2.44. The molecule has 2 aromatic carbocycles. The maximum Gasteiger partial charge on any atom is 0.338 e. The van der Waals surface area contributed by atoms with Crippen LogP contribution in [-0.4, -0.2) is 30.1 Å². The predicted octanol–water partition coefficient (Wildman–Crippen LogP) is 2.79. The van der Waals surface area contributed by atoms with Crippen LogP contribution in [0.5, 0.6) is 0 Å². The predicted molar refractivity (Wildman–Crippen MR) is 100 cm³/mol. The zero-order valence-corrected chi connectivity index (χ0v) is 15.0. The number of fused-ring (bicyclic) bond motifs is 1. The summed E-state index contributed by atoms with van der Waals surface area (Å²) in [4.78, 5) is 36.7. The number of nitriles is 1. The number of carbonyl (C=O) groups is 3. The van der Waals surface area contributed by atoms with Crippen LogP contribution in [0.4, 0.5) is 11.4 Å². The van der Waals surface area contributed by atoms with Crippen LogP contribution in [-0.2, 0) is 14.3 Å². The van der Waals surface area contributed by atoms with Gasteiger partial charge in [-0.15, -0.1) is 11.8 Å². The molecular formula is C19H15N3O4S. The molecule has 0 aliphatic carbocycles. The molecule has 0 bridgehead atoms. The highest BCUT2D eigenvalue weighted by Crippen LogP contribution is 2.31. The number of thioether (sulfide) groups is 1. The number of ether oxygens (including phenoxy) is 1. The molecule has 0 saturated carbocycles. The van der Waals surface area contributed by atoms with Crippen molar-refractivity contribution in [3.8, 4) is 6.07 Å². The number of nitrogens with zero attached hydrogens (tertiary/aromatic N) is 1. The van der Waals surface area contributed by atoms with Crippen molar-refractivity contribution in [2.24, 2.45) is 0 Å². The molecule has 0 saturated heterocycles. The Labute approximate surface area is 159 Å². The monoisotopic (exact) mass is 381 g/mol. The van der Waals surface area contributed by atoms with Gasteiger partial charge >= 0.3 is 5.97 Å². The van der Waals surface area contributed by atoms with E-state index in [9.17, 15) is 14.4 Å². The van der Waals surface area contributed by atoms with E-state index in [1.165, 1.54) is 17.8 Å². The molecule has 136 valence electrons. The number of nitrogens with one attached hydrogen (secondary N) is 2. The summed E-state index contributed by atoms with van der Waals surface area (Å²) in [6, 6.07) is 13.4. The Bertz CT molecular complexity index is 952. The second kappa shape index (κ2) is 8.38. The summed E-state index contributed by atoms with van der Waals surface area (Å²) in [5, 5.41) is 14.3. The van der Waals surface area contributed by atoms with Crippen molar-refractivity contribution in [2.75, 3.05) is 23.0 Å². The second-order valence-corrected chi connectivity index (χ2v) is 6.78. The quantitative estimate of drug-likeness (QED) is 0.789. The molecule has 0 fully saturated rings. The van der Waals surface area contributed by atoms with Crippen LogP contribution in [0.2, 0.25) is 0 Å². The van der Waals surface area contributed by atoms with Gasteiger partial charge in [0.2, 0.25) is 5.91 Å². The number of anilines is 2. The van der Waals surface area contributed by atoms with Crippen molar-refractivity contribution >= 4 is 40.9 Å². The third-order valence-electron chi connectivity index (χ3n) is 3.73. The van der Waals surface area contributed by atoms with Crippen LogP contribution < -0.4 is 10.6 Å². The molecule has 0 aromatic heterocycles. The normalized spacial score (nSPS) is 12.8. The van der Waals surface area contributed by atoms with Crippen molar-refractivity contribution in [3.05, 3.63) is 53.6 Å². The van der Waals surface area contributed by atoms with Crippen molar-refractivity contribution in [1.29, 1.82) is 5.26 Å². The molecule has 2 amide bonds. The third-order valence-corrected chi connectivity index (χ3v) is 4.81. The smallest absolute Gasteiger partial charge is 0.338 e. The van der Waals surface area contributed by atoms with E-state index in [4.69, 9.17) is 10.00 Å². The van der Waals surface area contributed by atoms with Gasteiger partial charge in [0.15, 0.2) is 6.61 Å². The summed E-state index contributed by atoms with van der Waals surface area (Å²) in [5.74, 6) is -0.663. The summed E-state index contributed by atoms with van der Waals surface area (Å²) in [5.41, 5.74) is 1.47. The minimum absolute atomic E-state index is 0.109. The lowest BCUT2D eigenvalue weighted by molar-refractivity contribution is -0.119. The van der Waals surface area contributed by atoms with Crippen molar-refractivity contribution in [3.63, 3.8) is 0 Å². The molecule has 7 nitrogen and oxygen atoms in total. The van der Waals surface area contributed by atoms with Gasteiger partial charge in [0, 0.05) is 17.1 Å². The summed E-state index contributed by atoms with van der Waals surface area (Å²) in [7, 11) is 0. The van der Waals surface area contributed by atoms with Gasteiger partial charge in [0.25, 0.3) is 5.91 Å². The number of amides is 2.